The molecule has 210 valence electrons. The van der Waals surface area contributed by atoms with Crippen molar-refractivity contribution < 1.29 is 19.2 Å². The van der Waals surface area contributed by atoms with Crippen LogP contribution in [-0.4, -0.2) is 54.6 Å². The third kappa shape index (κ3) is 9.23. The highest BCUT2D eigenvalue weighted by molar-refractivity contribution is 5.93. The fourth-order valence-corrected chi connectivity index (χ4v) is 4.45. The van der Waals surface area contributed by atoms with Crippen LogP contribution in [0.2, 0.25) is 0 Å². The number of nitrogens with one attached hydrogen (secondary N) is 3. The molecule has 0 bridgehead atoms. The van der Waals surface area contributed by atoms with Gasteiger partial charge in [-0.15, -0.1) is 0 Å². The summed E-state index contributed by atoms with van der Waals surface area (Å²) in [6, 6.07) is 20.1. The quantitative estimate of drug-likeness (QED) is 0.0888. The third-order valence-corrected chi connectivity index (χ3v) is 6.37. The predicted octanol–water partition coefficient (Wildman–Crippen LogP) is 1.35. The molecule has 3 atom stereocenters. The van der Waals surface area contributed by atoms with Crippen LogP contribution in [0.5, 0.6) is 0 Å². The standard InChI is InChI=1S/C30H36N6O4/c1-20(38)34-26(17-21-9-3-2-4-10-21)29(40)36-27(18-23-13-7-12-22-11-5-6-15-25(22)23)28(39)35-24(19-37)14-8-16-33-30(31)32/h2-7,9-13,15,19,24,26-27H,8,14,16-18H2,1H3,(H,34,38)(H,35,39)(H,36,40)(H4,31,32,33)/t24-,26?,27?/m0/s1. The van der Waals surface area contributed by atoms with E-state index in [1.807, 2.05) is 72.8 Å². The van der Waals surface area contributed by atoms with Crippen LogP contribution in [-0.2, 0) is 32.0 Å². The highest BCUT2D eigenvalue weighted by Gasteiger charge is 2.28. The molecular formula is C30H36N6O4. The van der Waals surface area contributed by atoms with Crippen molar-refractivity contribution in [2.75, 3.05) is 6.54 Å². The van der Waals surface area contributed by atoms with Crippen molar-refractivity contribution in [3.8, 4) is 0 Å². The van der Waals surface area contributed by atoms with E-state index in [2.05, 4.69) is 20.9 Å². The first kappa shape index (κ1) is 29.8. The molecule has 0 aliphatic rings. The summed E-state index contributed by atoms with van der Waals surface area (Å²) in [7, 11) is 0. The van der Waals surface area contributed by atoms with Gasteiger partial charge in [-0.1, -0.05) is 72.8 Å². The number of carbonyl (C=O) groups is 4. The molecule has 0 aliphatic carbocycles. The van der Waals surface area contributed by atoms with Crippen LogP contribution in [0.1, 0.15) is 30.9 Å². The van der Waals surface area contributed by atoms with Crippen molar-refractivity contribution >= 4 is 40.7 Å². The van der Waals surface area contributed by atoms with Gasteiger partial charge < -0.3 is 32.2 Å². The smallest absolute Gasteiger partial charge is 0.243 e. The van der Waals surface area contributed by atoms with E-state index in [1.165, 1.54) is 6.92 Å². The monoisotopic (exact) mass is 544 g/mol. The zero-order valence-corrected chi connectivity index (χ0v) is 22.5. The van der Waals surface area contributed by atoms with Crippen molar-refractivity contribution in [2.45, 2.75) is 50.7 Å². The van der Waals surface area contributed by atoms with Crippen LogP contribution in [0.3, 0.4) is 0 Å². The summed E-state index contributed by atoms with van der Waals surface area (Å²) in [4.78, 5) is 54.5. The predicted molar refractivity (Wildman–Crippen MR) is 155 cm³/mol. The molecule has 10 nitrogen and oxygen atoms in total. The lowest BCUT2D eigenvalue weighted by Gasteiger charge is -2.25. The van der Waals surface area contributed by atoms with Crippen LogP contribution in [0.25, 0.3) is 10.8 Å². The van der Waals surface area contributed by atoms with Gasteiger partial charge in [0.1, 0.15) is 18.4 Å². The van der Waals surface area contributed by atoms with Gasteiger partial charge in [0.05, 0.1) is 6.04 Å². The number of fused-ring (bicyclic) bond motifs is 1. The summed E-state index contributed by atoms with van der Waals surface area (Å²) in [5, 5.41) is 10.2. The summed E-state index contributed by atoms with van der Waals surface area (Å²) in [5.41, 5.74) is 12.4. The van der Waals surface area contributed by atoms with Gasteiger partial charge in [-0.3, -0.25) is 19.4 Å². The lowest BCUT2D eigenvalue weighted by Crippen LogP contribution is -2.56. The SMILES string of the molecule is CC(=O)NC(Cc1ccccc1)C(=O)NC(Cc1cccc2ccccc12)C(=O)N[C@H](C=O)CCCN=C(N)N. The first-order valence-electron chi connectivity index (χ1n) is 13.2. The van der Waals surface area contributed by atoms with Gasteiger partial charge >= 0.3 is 0 Å². The summed E-state index contributed by atoms with van der Waals surface area (Å²) in [6.45, 7) is 1.65. The van der Waals surface area contributed by atoms with Gasteiger partial charge in [0.2, 0.25) is 17.7 Å². The number of nitrogens with two attached hydrogens (primary N) is 2. The maximum atomic E-state index is 13.5. The number of nitrogens with zero attached hydrogens (tertiary/aromatic N) is 1. The summed E-state index contributed by atoms with van der Waals surface area (Å²) in [6.07, 6.45) is 1.88. The number of aliphatic imine (C=N–C) groups is 1. The number of guanidine groups is 1. The van der Waals surface area contributed by atoms with Crippen molar-refractivity contribution in [2.24, 2.45) is 16.5 Å². The Bertz CT molecular complexity index is 1340. The van der Waals surface area contributed by atoms with Crippen LogP contribution in [0, 0.1) is 0 Å². The van der Waals surface area contributed by atoms with E-state index < -0.39 is 29.9 Å². The minimum Gasteiger partial charge on any atom is -0.370 e. The Labute approximate surface area is 233 Å². The zero-order chi connectivity index (χ0) is 28.9. The van der Waals surface area contributed by atoms with Crippen LogP contribution in [0.4, 0.5) is 0 Å². The first-order valence-corrected chi connectivity index (χ1v) is 13.2. The highest BCUT2D eigenvalue weighted by atomic mass is 16.2. The number of hydrogen-bond acceptors (Lipinski definition) is 5. The maximum absolute atomic E-state index is 13.5. The van der Waals surface area contributed by atoms with E-state index >= 15 is 0 Å². The topological polar surface area (TPSA) is 169 Å². The van der Waals surface area contributed by atoms with Gasteiger partial charge in [0, 0.05) is 26.3 Å². The molecule has 3 amide bonds. The fraction of sp³-hybridized carbons (Fsp3) is 0.300. The molecule has 0 saturated carbocycles. The molecule has 0 aliphatic heterocycles. The van der Waals surface area contributed by atoms with Crippen LogP contribution < -0.4 is 27.4 Å². The van der Waals surface area contributed by atoms with Crippen molar-refractivity contribution in [1.29, 1.82) is 0 Å². The lowest BCUT2D eigenvalue weighted by atomic mass is 9.97. The van der Waals surface area contributed by atoms with Gasteiger partial charge in [0.25, 0.3) is 0 Å². The second kappa shape index (κ2) is 15.0. The fourth-order valence-electron chi connectivity index (χ4n) is 4.45. The van der Waals surface area contributed by atoms with Gasteiger partial charge in [0.15, 0.2) is 5.96 Å². The molecule has 3 aromatic carbocycles. The Morgan fingerprint density at radius 2 is 1.48 bits per heavy atom. The van der Waals surface area contributed by atoms with Crippen LogP contribution in [0.15, 0.2) is 77.8 Å². The molecule has 3 rings (SSSR count). The molecule has 0 radical (unpaired) electrons. The van der Waals surface area contributed by atoms with Crippen molar-refractivity contribution in [3.05, 3.63) is 83.9 Å². The van der Waals surface area contributed by atoms with Crippen LogP contribution >= 0.6 is 0 Å². The number of rotatable bonds is 14. The molecule has 40 heavy (non-hydrogen) atoms. The average molecular weight is 545 g/mol. The first-order chi connectivity index (χ1) is 19.3. The largest absolute Gasteiger partial charge is 0.370 e. The highest BCUT2D eigenvalue weighted by Crippen LogP contribution is 2.20. The third-order valence-electron chi connectivity index (χ3n) is 6.37. The minimum atomic E-state index is -1.01. The number of carbonyl (C=O) groups excluding carboxylic acids is 4. The van der Waals surface area contributed by atoms with E-state index in [0.29, 0.717) is 25.7 Å². The molecule has 10 heteroatoms. The molecule has 0 heterocycles. The number of benzene rings is 3. The van der Waals surface area contributed by atoms with E-state index in [1.54, 1.807) is 0 Å². The second-order valence-corrected chi connectivity index (χ2v) is 9.55. The molecule has 2 unspecified atom stereocenters. The Morgan fingerprint density at radius 3 is 2.17 bits per heavy atom. The van der Waals surface area contributed by atoms with E-state index in [4.69, 9.17) is 11.5 Å². The Balaban J connectivity index is 1.83. The molecular weight excluding hydrogens is 508 g/mol. The lowest BCUT2D eigenvalue weighted by molar-refractivity contribution is -0.132. The number of aldehydes is 1. The minimum absolute atomic E-state index is 0.0474. The van der Waals surface area contributed by atoms with E-state index in [-0.39, 0.29) is 24.7 Å². The van der Waals surface area contributed by atoms with Gasteiger partial charge in [-0.2, -0.15) is 0 Å². The second-order valence-electron chi connectivity index (χ2n) is 9.55. The van der Waals surface area contributed by atoms with E-state index in [0.717, 1.165) is 21.9 Å². The van der Waals surface area contributed by atoms with Crippen molar-refractivity contribution in [1.82, 2.24) is 16.0 Å². The summed E-state index contributed by atoms with van der Waals surface area (Å²) >= 11 is 0. The zero-order valence-electron chi connectivity index (χ0n) is 22.5. The Kier molecular flexibility index (Phi) is 11.2. The number of hydrogen-bond donors (Lipinski definition) is 5. The molecule has 7 N–H and O–H groups in total. The normalized spacial score (nSPS) is 12.9. The van der Waals surface area contributed by atoms with E-state index in [9.17, 15) is 19.2 Å². The molecule has 0 saturated heterocycles. The summed E-state index contributed by atoms with van der Waals surface area (Å²) < 4.78 is 0. The van der Waals surface area contributed by atoms with Gasteiger partial charge in [-0.05, 0) is 34.7 Å². The average Bonchev–Trinajstić information content (AvgIpc) is 2.94. The Morgan fingerprint density at radius 1 is 0.825 bits per heavy atom. The Hall–Kier alpha value is -4.73. The number of amides is 3. The maximum Gasteiger partial charge on any atom is 0.243 e. The van der Waals surface area contributed by atoms with Crippen molar-refractivity contribution in [3.63, 3.8) is 0 Å². The molecule has 0 fully saturated rings. The summed E-state index contributed by atoms with van der Waals surface area (Å²) in [5.74, 6) is -1.43. The molecule has 3 aromatic rings. The molecule has 0 aromatic heterocycles. The van der Waals surface area contributed by atoms with Gasteiger partial charge in [-0.25, -0.2) is 0 Å². The molecule has 0 spiro atoms.